The second-order valence-electron chi connectivity index (χ2n) is 4.98. The fourth-order valence-electron chi connectivity index (χ4n) is 2.57. The van der Waals surface area contributed by atoms with Crippen molar-refractivity contribution in [3.05, 3.63) is 29.3 Å². The number of nitrogens with two attached hydrogens (primary N) is 1. The lowest BCUT2D eigenvalue weighted by molar-refractivity contribution is -0.139. The molecular formula is C14H17ClF3NO. The van der Waals surface area contributed by atoms with Crippen molar-refractivity contribution in [3.63, 3.8) is 0 Å². The van der Waals surface area contributed by atoms with Crippen molar-refractivity contribution in [1.82, 2.24) is 0 Å². The van der Waals surface area contributed by atoms with E-state index in [9.17, 15) is 13.2 Å². The number of alkyl halides is 4. The van der Waals surface area contributed by atoms with Crippen LogP contribution in [0.1, 0.15) is 30.4 Å². The van der Waals surface area contributed by atoms with Crippen LogP contribution in [0.2, 0.25) is 0 Å². The van der Waals surface area contributed by atoms with E-state index in [-0.39, 0.29) is 35.8 Å². The van der Waals surface area contributed by atoms with Gasteiger partial charge in [-0.3, -0.25) is 0 Å². The summed E-state index contributed by atoms with van der Waals surface area (Å²) in [6.07, 6.45) is -2.28. The van der Waals surface area contributed by atoms with Crippen LogP contribution in [0, 0.1) is 0 Å². The Bertz CT molecular complexity index is 464. The lowest BCUT2D eigenvalue weighted by atomic mass is 10.0. The average molecular weight is 308 g/mol. The van der Waals surface area contributed by atoms with Gasteiger partial charge in [0.2, 0.25) is 0 Å². The Morgan fingerprint density at radius 1 is 1.30 bits per heavy atom. The quantitative estimate of drug-likeness (QED) is 0.860. The first-order valence-electron chi connectivity index (χ1n) is 6.60. The summed E-state index contributed by atoms with van der Waals surface area (Å²) < 4.78 is 45.3. The van der Waals surface area contributed by atoms with Crippen molar-refractivity contribution in [2.45, 2.75) is 44.0 Å². The summed E-state index contributed by atoms with van der Waals surface area (Å²) in [6, 6.07) is 4.15. The Labute approximate surface area is 121 Å². The number of hydrogen-bond acceptors (Lipinski definition) is 2. The van der Waals surface area contributed by atoms with Gasteiger partial charge in [0, 0.05) is 11.9 Å². The van der Waals surface area contributed by atoms with E-state index < -0.39 is 11.7 Å². The molecule has 2 atom stereocenters. The first kappa shape index (κ1) is 15.4. The average Bonchev–Trinajstić information content (AvgIpc) is 2.74. The summed E-state index contributed by atoms with van der Waals surface area (Å²) in [6.45, 7) is 0. The van der Waals surface area contributed by atoms with E-state index in [1.165, 1.54) is 12.1 Å². The van der Waals surface area contributed by atoms with Gasteiger partial charge in [0.1, 0.15) is 17.4 Å². The van der Waals surface area contributed by atoms with Gasteiger partial charge in [-0.25, -0.2) is 0 Å². The van der Waals surface area contributed by atoms with Crippen LogP contribution in [-0.2, 0) is 12.6 Å². The van der Waals surface area contributed by atoms with Crippen LogP contribution < -0.4 is 10.5 Å². The van der Waals surface area contributed by atoms with Crippen LogP contribution in [0.25, 0.3) is 0 Å². The van der Waals surface area contributed by atoms with E-state index in [1.807, 2.05) is 0 Å². The number of halogens is 4. The van der Waals surface area contributed by atoms with Crippen LogP contribution in [0.15, 0.2) is 18.2 Å². The van der Waals surface area contributed by atoms with Crippen LogP contribution in [0.5, 0.6) is 5.75 Å². The molecule has 20 heavy (non-hydrogen) atoms. The topological polar surface area (TPSA) is 35.2 Å². The molecule has 2 nitrogen and oxygen atoms in total. The monoisotopic (exact) mass is 307 g/mol. The molecule has 1 fully saturated rings. The number of hydrogen-bond donors (Lipinski definition) is 1. The largest absolute Gasteiger partial charge is 0.488 e. The zero-order valence-electron chi connectivity index (χ0n) is 10.9. The molecular weight excluding hydrogens is 291 g/mol. The third kappa shape index (κ3) is 3.38. The molecule has 2 rings (SSSR count). The first-order chi connectivity index (χ1) is 9.43. The summed E-state index contributed by atoms with van der Waals surface area (Å²) in [7, 11) is 0. The van der Waals surface area contributed by atoms with Crippen molar-refractivity contribution in [2.75, 3.05) is 5.88 Å². The third-order valence-corrected chi connectivity index (χ3v) is 3.73. The lowest BCUT2D eigenvalue weighted by Gasteiger charge is -2.22. The molecule has 0 unspecified atom stereocenters. The molecule has 6 heteroatoms. The Morgan fingerprint density at radius 2 is 2.05 bits per heavy atom. The highest BCUT2D eigenvalue weighted by atomic mass is 35.5. The highest BCUT2D eigenvalue weighted by molar-refractivity contribution is 6.18. The molecule has 1 aromatic carbocycles. The van der Waals surface area contributed by atoms with Gasteiger partial charge in [0.25, 0.3) is 0 Å². The summed E-state index contributed by atoms with van der Waals surface area (Å²) in [4.78, 5) is 0. The maximum absolute atomic E-state index is 13.2. The van der Waals surface area contributed by atoms with Gasteiger partial charge < -0.3 is 10.5 Å². The Morgan fingerprint density at radius 3 is 2.60 bits per heavy atom. The highest BCUT2D eigenvalue weighted by Gasteiger charge is 2.38. The van der Waals surface area contributed by atoms with Gasteiger partial charge >= 0.3 is 6.18 Å². The molecule has 112 valence electrons. The van der Waals surface area contributed by atoms with Crippen molar-refractivity contribution in [2.24, 2.45) is 5.73 Å². The molecule has 0 aromatic heterocycles. The third-order valence-electron chi connectivity index (χ3n) is 3.54. The van der Waals surface area contributed by atoms with Gasteiger partial charge in [-0.1, -0.05) is 12.1 Å². The number of benzene rings is 1. The molecule has 0 spiro atoms. The summed E-state index contributed by atoms with van der Waals surface area (Å²) in [5.41, 5.74) is 5.30. The van der Waals surface area contributed by atoms with Gasteiger partial charge in [-0.05, 0) is 37.3 Å². The van der Waals surface area contributed by atoms with Crippen LogP contribution in [0.3, 0.4) is 0 Å². The highest BCUT2D eigenvalue weighted by Crippen LogP contribution is 2.40. The number of ether oxygens (including phenoxy) is 1. The molecule has 0 radical (unpaired) electrons. The minimum absolute atomic E-state index is 0.134. The normalized spacial score (nSPS) is 23.1. The Hall–Kier alpha value is -0.940. The van der Waals surface area contributed by atoms with Crippen molar-refractivity contribution in [3.8, 4) is 5.75 Å². The molecule has 0 aliphatic heterocycles. The SMILES string of the molecule is N[C@@H]1CCC[C@H]1Oc1cccc(CCCl)c1C(F)(F)F. The molecule has 2 N–H and O–H groups in total. The second kappa shape index (κ2) is 6.22. The predicted molar refractivity (Wildman–Crippen MR) is 72.1 cm³/mol. The maximum Gasteiger partial charge on any atom is 0.420 e. The van der Waals surface area contributed by atoms with Crippen LogP contribution in [0.4, 0.5) is 13.2 Å². The summed E-state index contributed by atoms with van der Waals surface area (Å²) in [5, 5.41) is 0. The molecule has 1 aliphatic rings. The number of rotatable bonds is 4. The van der Waals surface area contributed by atoms with Crippen molar-refractivity contribution < 1.29 is 17.9 Å². The fraction of sp³-hybridized carbons (Fsp3) is 0.571. The minimum atomic E-state index is -4.46. The Balaban J connectivity index is 2.33. The first-order valence-corrected chi connectivity index (χ1v) is 7.14. The molecule has 0 amide bonds. The van der Waals surface area contributed by atoms with Gasteiger partial charge in [-0.15, -0.1) is 11.6 Å². The van der Waals surface area contributed by atoms with Crippen molar-refractivity contribution in [1.29, 1.82) is 0 Å². The van der Waals surface area contributed by atoms with E-state index in [0.29, 0.717) is 6.42 Å². The van der Waals surface area contributed by atoms with E-state index in [4.69, 9.17) is 22.1 Å². The van der Waals surface area contributed by atoms with Crippen LogP contribution >= 0.6 is 11.6 Å². The standard InChI is InChI=1S/C14H17ClF3NO/c15-8-7-9-3-1-6-12(13(9)14(16,17)18)20-11-5-2-4-10(11)19/h1,3,6,10-11H,2,4-5,7-8,19H2/t10-,11-/m1/s1. The van der Waals surface area contributed by atoms with E-state index in [0.717, 1.165) is 12.8 Å². The Kier molecular flexibility index (Phi) is 4.81. The second-order valence-corrected chi connectivity index (χ2v) is 5.36. The molecule has 1 saturated carbocycles. The van der Waals surface area contributed by atoms with Crippen LogP contribution in [-0.4, -0.2) is 18.0 Å². The molecule has 0 bridgehead atoms. The molecule has 1 aromatic rings. The zero-order chi connectivity index (χ0) is 14.8. The van der Waals surface area contributed by atoms with Gasteiger partial charge in [0.05, 0.1) is 0 Å². The maximum atomic E-state index is 13.2. The fourth-order valence-corrected chi connectivity index (χ4v) is 2.77. The van der Waals surface area contributed by atoms with E-state index in [2.05, 4.69) is 0 Å². The summed E-state index contributed by atoms with van der Waals surface area (Å²) >= 11 is 5.58. The summed E-state index contributed by atoms with van der Waals surface area (Å²) in [5.74, 6) is -0.00220. The molecule has 0 heterocycles. The van der Waals surface area contributed by atoms with E-state index >= 15 is 0 Å². The lowest BCUT2D eigenvalue weighted by Crippen LogP contribution is -2.34. The van der Waals surface area contributed by atoms with Gasteiger partial charge in [0.15, 0.2) is 0 Å². The van der Waals surface area contributed by atoms with E-state index in [1.54, 1.807) is 6.07 Å². The smallest absolute Gasteiger partial charge is 0.420 e. The van der Waals surface area contributed by atoms with Gasteiger partial charge in [-0.2, -0.15) is 13.2 Å². The predicted octanol–water partition coefficient (Wildman–Crippen LogP) is 3.75. The number of aryl methyl sites for hydroxylation is 1. The van der Waals surface area contributed by atoms with Crippen molar-refractivity contribution >= 4 is 11.6 Å². The molecule has 0 saturated heterocycles. The molecule has 1 aliphatic carbocycles. The zero-order valence-corrected chi connectivity index (χ0v) is 11.7. The minimum Gasteiger partial charge on any atom is -0.488 e.